The Morgan fingerprint density at radius 2 is 1.88 bits per heavy atom. The van der Waals surface area contributed by atoms with Gasteiger partial charge in [-0.25, -0.2) is 0 Å². The van der Waals surface area contributed by atoms with Gasteiger partial charge in [0, 0.05) is 30.1 Å². The molecular weight excluding hydrogens is 320 g/mol. The zero-order chi connectivity index (χ0) is 18.2. The van der Waals surface area contributed by atoms with Gasteiger partial charge in [0.25, 0.3) is 0 Å². The molecule has 1 atom stereocenters. The first-order chi connectivity index (χ1) is 12.8. The third-order valence-electron chi connectivity index (χ3n) is 4.37. The molecule has 132 valence electrons. The SMILES string of the molecule is CCCC(=O)c1cccc(NC(Cc2ccccc2)c2cccnc2)c1. The fourth-order valence-corrected chi connectivity index (χ4v) is 3.04. The van der Waals surface area contributed by atoms with Gasteiger partial charge in [-0.2, -0.15) is 0 Å². The molecule has 3 nitrogen and oxygen atoms in total. The molecule has 0 aliphatic carbocycles. The lowest BCUT2D eigenvalue weighted by Gasteiger charge is -2.21. The van der Waals surface area contributed by atoms with Crippen molar-refractivity contribution >= 4 is 11.5 Å². The predicted molar refractivity (Wildman–Crippen MR) is 106 cm³/mol. The average Bonchev–Trinajstić information content (AvgIpc) is 2.69. The summed E-state index contributed by atoms with van der Waals surface area (Å²) < 4.78 is 0. The maximum Gasteiger partial charge on any atom is 0.162 e. The Balaban J connectivity index is 1.84. The normalized spacial score (nSPS) is 11.7. The van der Waals surface area contributed by atoms with Crippen molar-refractivity contribution in [2.24, 2.45) is 0 Å². The van der Waals surface area contributed by atoms with Crippen LogP contribution in [-0.2, 0) is 6.42 Å². The molecular formula is C23H24N2O. The molecule has 0 saturated heterocycles. The van der Waals surface area contributed by atoms with Crippen molar-refractivity contribution in [1.82, 2.24) is 4.98 Å². The summed E-state index contributed by atoms with van der Waals surface area (Å²) in [5, 5.41) is 3.59. The van der Waals surface area contributed by atoms with Gasteiger partial charge < -0.3 is 5.32 Å². The van der Waals surface area contributed by atoms with Crippen LogP contribution in [0.2, 0.25) is 0 Å². The van der Waals surface area contributed by atoms with Crippen LogP contribution in [0.15, 0.2) is 79.1 Å². The van der Waals surface area contributed by atoms with E-state index < -0.39 is 0 Å². The van der Waals surface area contributed by atoms with Crippen LogP contribution in [0.1, 0.15) is 47.3 Å². The number of hydrogen-bond acceptors (Lipinski definition) is 3. The third kappa shape index (κ3) is 4.79. The van der Waals surface area contributed by atoms with Gasteiger partial charge in [-0.05, 0) is 42.2 Å². The van der Waals surface area contributed by atoms with E-state index in [1.165, 1.54) is 5.56 Å². The smallest absolute Gasteiger partial charge is 0.162 e. The molecule has 26 heavy (non-hydrogen) atoms. The van der Waals surface area contributed by atoms with Crippen LogP contribution in [0, 0.1) is 0 Å². The van der Waals surface area contributed by atoms with Crippen LogP contribution >= 0.6 is 0 Å². The number of anilines is 1. The van der Waals surface area contributed by atoms with E-state index in [1.807, 2.05) is 49.5 Å². The lowest BCUT2D eigenvalue weighted by Crippen LogP contribution is -2.14. The van der Waals surface area contributed by atoms with E-state index in [9.17, 15) is 4.79 Å². The van der Waals surface area contributed by atoms with Crippen molar-refractivity contribution in [3.63, 3.8) is 0 Å². The molecule has 3 rings (SSSR count). The molecule has 2 aromatic carbocycles. The number of ketones is 1. The van der Waals surface area contributed by atoms with Crippen molar-refractivity contribution < 1.29 is 4.79 Å². The maximum atomic E-state index is 12.2. The Kier molecular flexibility index (Phi) is 6.15. The van der Waals surface area contributed by atoms with E-state index in [0.717, 1.165) is 29.7 Å². The third-order valence-corrected chi connectivity index (χ3v) is 4.37. The Labute approximate surface area is 155 Å². The average molecular weight is 344 g/mol. The molecule has 3 heteroatoms. The molecule has 1 aromatic heterocycles. The molecule has 0 fully saturated rings. The molecule has 0 radical (unpaired) electrons. The molecule has 0 bridgehead atoms. The van der Waals surface area contributed by atoms with Crippen LogP contribution in [0.25, 0.3) is 0 Å². The van der Waals surface area contributed by atoms with Crippen LogP contribution < -0.4 is 5.32 Å². The summed E-state index contributed by atoms with van der Waals surface area (Å²) in [6, 6.07) is 22.3. The highest BCUT2D eigenvalue weighted by Crippen LogP contribution is 2.24. The molecule has 1 heterocycles. The number of hydrogen-bond donors (Lipinski definition) is 1. The van der Waals surface area contributed by atoms with Gasteiger partial charge in [0.2, 0.25) is 0 Å². The Hall–Kier alpha value is -2.94. The molecule has 0 amide bonds. The van der Waals surface area contributed by atoms with Gasteiger partial charge in [-0.3, -0.25) is 9.78 Å². The van der Waals surface area contributed by atoms with Crippen LogP contribution in [0.5, 0.6) is 0 Å². The van der Waals surface area contributed by atoms with E-state index in [1.54, 1.807) is 6.20 Å². The van der Waals surface area contributed by atoms with Gasteiger partial charge in [-0.15, -0.1) is 0 Å². The van der Waals surface area contributed by atoms with Crippen molar-refractivity contribution in [2.45, 2.75) is 32.2 Å². The number of aromatic nitrogens is 1. The van der Waals surface area contributed by atoms with Crippen LogP contribution in [0.3, 0.4) is 0 Å². The Morgan fingerprint density at radius 3 is 2.62 bits per heavy atom. The first-order valence-corrected chi connectivity index (χ1v) is 9.10. The van der Waals surface area contributed by atoms with Gasteiger partial charge >= 0.3 is 0 Å². The summed E-state index contributed by atoms with van der Waals surface area (Å²) in [7, 11) is 0. The summed E-state index contributed by atoms with van der Waals surface area (Å²) in [5.74, 6) is 0.192. The number of pyridine rings is 1. The number of carbonyl (C=O) groups excluding carboxylic acids is 1. The quantitative estimate of drug-likeness (QED) is 0.552. The van der Waals surface area contributed by atoms with Crippen molar-refractivity contribution in [3.05, 3.63) is 95.8 Å². The highest BCUT2D eigenvalue weighted by Gasteiger charge is 2.14. The second kappa shape index (κ2) is 8.95. The van der Waals surface area contributed by atoms with Crippen LogP contribution in [0.4, 0.5) is 5.69 Å². The highest BCUT2D eigenvalue weighted by atomic mass is 16.1. The maximum absolute atomic E-state index is 12.2. The molecule has 0 aliphatic heterocycles. The molecule has 0 aliphatic rings. The number of nitrogens with one attached hydrogen (secondary N) is 1. The standard InChI is InChI=1S/C23H24N2O/c1-2-8-23(26)19-11-6-13-21(16-19)25-22(20-12-7-14-24-17-20)15-18-9-4-3-5-10-18/h3-7,9-14,16-17,22,25H,2,8,15H2,1H3. The van der Waals surface area contributed by atoms with Gasteiger partial charge in [-0.1, -0.05) is 55.5 Å². The topological polar surface area (TPSA) is 42.0 Å². The van der Waals surface area contributed by atoms with Gasteiger partial charge in [0.05, 0.1) is 6.04 Å². The summed E-state index contributed by atoms with van der Waals surface area (Å²) in [5.41, 5.74) is 4.10. The number of nitrogens with zero attached hydrogens (tertiary/aromatic N) is 1. The lowest BCUT2D eigenvalue weighted by atomic mass is 9.99. The first-order valence-electron chi connectivity index (χ1n) is 9.10. The molecule has 3 aromatic rings. The lowest BCUT2D eigenvalue weighted by molar-refractivity contribution is 0.0982. The minimum Gasteiger partial charge on any atom is -0.378 e. The molecule has 0 saturated carbocycles. The van der Waals surface area contributed by atoms with Gasteiger partial charge in [0.15, 0.2) is 5.78 Å². The minimum absolute atomic E-state index is 0.0858. The van der Waals surface area contributed by atoms with Crippen LogP contribution in [-0.4, -0.2) is 10.8 Å². The Morgan fingerprint density at radius 1 is 1.04 bits per heavy atom. The van der Waals surface area contributed by atoms with E-state index in [4.69, 9.17) is 0 Å². The van der Waals surface area contributed by atoms with E-state index in [2.05, 4.69) is 40.6 Å². The number of carbonyl (C=O) groups is 1. The first kappa shape index (κ1) is 17.9. The number of benzene rings is 2. The predicted octanol–water partition coefficient (Wildman–Crippen LogP) is 5.46. The number of Topliss-reactive ketones (excluding diaryl/α,β-unsaturated/α-hetero) is 1. The van der Waals surface area contributed by atoms with Crippen molar-refractivity contribution in [3.8, 4) is 0 Å². The minimum atomic E-state index is 0.0858. The van der Waals surface area contributed by atoms with Crippen molar-refractivity contribution in [2.75, 3.05) is 5.32 Å². The second-order valence-electron chi connectivity index (χ2n) is 6.43. The number of rotatable bonds is 8. The fraction of sp³-hybridized carbons (Fsp3) is 0.217. The largest absolute Gasteiger partial charge is 0.378 e. The highest BCUT2D eigenvalue weighted by molar-refractivity contribution is 5.96. The van der Waals surface area contributed by atoms with E-state index in [0.29, 0.717) is 6.42 Å². The fourth-order valence-electron chi connectivity index (χ4n) is 3.04. The molecule has 0 spiro atoms. The zero-order valence-electron chi connectivity index (χ0n) is 15.1. The van der Waals surface area contributed by atoms with Gasteiger partial charge in [0.1, 0.15) is 0 Å². The van der Waals surface area contributed by atoms with E-state index in [-0.39, 0.29) is 11.8 Å². The second-order valence-corrected chi connectivity index (χ2v) is 6.43. The van der Waals surface area contributed by atoms with Crippen molar-refractivity contribution in [1.29, 1.82) is 0 Å². The Bertz CT molecular complexity index is 831. The molecule has 1 N–H and O–H groups in total. The monoisotopic (exact) mass is 344 g/mol. The van der Waals surface area contributed by atoms with E-state index >= 15 is 0 Å². The summed E-state index contributed by atoms with van der Waals surface area (Å²) >= 11 is 0. The summed E-state index contributed by atoms with van der Waals surface area (Å²) in [4.78, 5) is 16.5. The summed E-state index contributed by atoms with van der Waals surface area (Å²) in [6.07, 6.45) is 5.97. The molecule has 1 unspecified atom stereocenters. The summed E-state index contributed by atoms with van der Waals surface area (Å²) in [6.45, 7) is 2.03. The zero-order valence-corrected chi connectivity index (χ0v) is 15.1.